The minimum absolute atomic E-state index is 0.131. The maximum absolute atomic E-state index is 11.8. The molecule has 1 amide bonds. The zero-order valence-electron chi connectivity index (χ0n) is 13.7. The van der Waals surface area contributed by atoms with Crippen LogP contribution in [-0.2, 0) is 4.79 Å². The van der Waals surface area contributed by atoms with E-state index in [2.05, 4.69) is 27.8 Å². The molecule has 1 heterocycles. The summed E-state index contributed by atoms with van der Waals surface area (Å²) in [5.74, 6) is 0.571. The van der Waals surface area contributed by atoms with Crippen LogP contribution in [-0.4, -0.2) is 30.3 Å². The fourth-order valence-corrected chi connectivity index (χ4v) is 1.88. The third kappa shape index (κ3) is 6.48. The van der Waals surface area contributed by atoms with Gasteiger partial charge in [0.15, 0.2) is 0 Å². The Morgan fingerprint density at radius 2 is 2.12 bits per heavy atom. The summed E-state index contributed by atoms with van der Waals surface area (Å²) in [6.07, 6.45) is 7.02. The SMILES string of the molecule is CCCCOc1cccc(NCC(=O)N/N=C/c2ccncc2)c1. The van der Waals surface area contributed by atoms with E-state index in [0.717, 1.165) is 29.8 Å². The number of hydrogen-bond donors (Lipinski definition) is 2. The first-order valence-corrected chi connectivity index (χ1v) is 7.96. The van der Waals surface area contributed by atoms with Gasteiger partial charge in [0.25, 0.3) is 5.91 Å². The number of benzene rings is 1. The van der Waals surface area contributed by atoms with Gasteiger partial charge >= 0.3 is 0 Å². The molecule has 1 aromatic heterocycles. The number of aromatic nitrogens is 1. The van der Waals surface area contributed by atoms with Crippen molar-refractivity contribution < 1.29 is 9.53 Å². The Labute approximate surface area is 142 Å². The van der Waals surface area contributed by atoms with Gasteiger partial charge in [-0.1, -0.05) is 19.4 Å². The molecule has 2 N–H and O–H groups in total. The van der Waals surface area contributed by atoms with Crippen LogP contribution in [0, 0.1) is 0 Å². The first kappa shape index (κ1) is 17.5. The lowest BCUT2D eigenvalue weighted by atomic mass is 10.3. The monoisotopic (exact) mass is 326 g/mol. The highest BCUT2D eigenvalue weighted by Crippen LogP contribution is 2.17. The van der Waals surface area contributed by atoms with E-state index in [1.54, 1.807) is 30.7 Å². The van der Waals surface area contributed by atoms with E-state index in [4.69, 9.17) is 4.74 Å². The number of nitrogens with zero attached hydrogens (tertiary/aromatic N) is 2. The molecular formula is C18H22N4O2. The molecule has 0 spiro atoms. The van der Waals surface area contributed by atoms with E-state index in [1.807, 2.05) is 24.3 Å². The van der Waals surface area contributed by atoms with Crippen LogP contribution in [0.5, 0.6) is 5.75 Å². The highest BCUT2D eigenvalue weighted by atomic mass is 16.5. The molecule has 126 valence electrons. The molecule has 2 aromatic rings. The maximum Gasteiger partial charge on any atom is 0.259 e. The van der Waals surface area contributed by atoms with E-state index < -0.39 is 0 Å². The Morgan fingerprint density at radius 3 is 2.92 bits per heavy atom. The molecule has 0 aliphatic rings. The number of pyridine rings is 1. The van der Waals surface area contributed by atoms with Crippen molar-refractivity contribution >= 4 is 17.8 Å². The van der Waals surface area contributed by atoms with Crippen LogP contribution >= 0.6 is 0 Å². The van der Waals surface area contributed by atoms with Crippen molar-refractivity contribution in [2.24, 2.45) is 5.10 Å². The van der Waals surface area contributed by atoms with E-state index in [0.29, 0.717) is 6.61 Å². The molecule has 2 rings (SSSR count). The van der Waals surface area contributed by atoms with Crippen LogP contribution in [0.4, 0.5) is 5.69 Å². The first-order chi connectivity index (χ1) is 11.8. The van der Waals surface area contributed by atoms with Gasteiger partial charge in [0, 0.05) is 24.1 Å². The molecule has 0 radical (unpaired) electrons. The number of hydrazone groups is 1. The molecule has 0 saturated heterocycles. The van der Waals surface area contributed by atoms with E-state index in [-0.39, 0.29) is 12.5 Å². The molecule has 0 saturated carbocycles. The van der Waals surface area contributed by atoms with Gasteiger partial charge in [-0.2, -0.15) is 5.10 Å². The molecule has 0 aliphatic heterocycles. The molecular weight excluding hydrogens is 304 g/mol. The Kier molecular flexibility index (Phi) is 7.27. The molecule has 0 atom stereocenters. The van der Waals surface area contributed by atoms with Crippen LogP contribution in [0.2, 0.25) is 0 Å². The second-order valence-electron chi connectivity index (χ2n) is 5.16. The second kappa shape index (κ2) is 9.99. The Bertz CT molecular complexity index is 659. The van der Waals surface area contributed by atoms with Crippen LogP contribution < -0.4 is 15.5 Å². The largest absolute Gasteiger partial charge is 0.494 e. The lowest BCUT2D eigenvalue weighted by molar-refractivity contribution is -0.119. The first-order valence-electron chi connectivity index (χ1n) is 7.96. The van der Waals surface area contributed by atoms with Crippen molar-refractivity contribution in [3.63, 3.8) is 0 Å². The second-order valence-corrected chi connectivity index (χ2v) is 5.16. The minimum Gasteiger partial charge on any atom is -0.494 e. The molecule has 0 bridgehead atoms. The third-order valence-corrected chi connectivity index (χ3v) is 3.16. The van der Waals surface area contributed by atoms with Gasteiger partial charge in [-0.3, -0.25) is 9.78 Å². The average Bonchev–Trinajstić information content (AvgIpc) is 2.62. The fraction of sp³-hybridized carbons (Fsp3) is 0.278. The zero-order chi connectivity index (χ0) is 17.0. The molecule has 0 unspecified atom stereocenters. The van der Waals surface area contributed by atoms with E-state index in [9.17, 15) is 4.79 Å². The van der Waals surface area contributed by atoms with E-state index >= 15 is 0 Å². The summed E-state index contributed by atoms with van der Waals surface area (Å²) in [5, 5.41) is 6.95. The molecule has 6 heteroatoms. The number of anilines is 1. The van der Waals surface area contributed by atoms with Gasteiger partial charge in [0.2, 0.25) is 0 Å². The molecule has 6 nitrogen and oxygen atoms in total. The maximum atomic E-state index is 11.8. The molecule has 24 heavy (non-hydrogen) atoms. The normalized spacial score (nSPS) is 10.5. The van der Waals surface area contributed by atoms with E-state index in [1.165, 1.54) is 0 Å². The minimum atomic E-state index is -0.224. The summed E-state index contributed by atoms with van der Waals surface area (Å²) in [4.78, 5) is 15.7. The Morgan fingerprint density at radius 1 is 1.29 bits per heavy atom. The number of carbonyl (C=O) groups is 1. The number of ether oxygens (including phenoxy) is 1. The summed E-state index contributed by atoms with van der Waals surface area (Å²) < 4.78 is 5.64. The molecule has 0 fully saturated rings. The average molecular weight is 326 g/mol. The van der Waals surface area contributed by atoms with Gasteiger partial charge in [0.05, 0.1) is 19.4 Å². The van der Waals surface area contributed by atoms with Gasteiger partial charge in [-0.05, 0) is 36.2 Å². The highest BCUT2D eigenvalue weighted by molar-refractivity contribution is 5.84. The predicted octanol–water partition coefficient (Wildman–Crippen LogP) is 2.82. The number of carbonyl (C=O) groups excluding carboxylic acids is 1. The van der Waals surface area contributed by atoms with Crippen molar-refractivity contribution in [1.29, 1.82) is 0 Å². The topological polar surface area (TPSA) is 75.6 Å². The van der Waals surface area contributed by atoms with Gasteiger partial charge < -0.3 is 10.1 Å². The lowest BCUT2D eigenvalue weighted by Gasteiger charge is -2.09. The van der Waals surface area contributed by atoms with Crippen molar-refractivity contribution in [3.05, 3.63) is 54.4 Å². The quantitative estimate of drug-likeness (QED) is 0.422. The lowest BCUT2D eigenvalue weighted by Crippen LogP contribution is -2.25. The molecule has 1 aromatic carbocycles. The fourth-order valence-electron chi connectivity index (χ4n) is 1.88. The van der Waals surface area contributed by atoms with Crippen molar-refractivity contribution in [2.75, 3.05) is 18.5 Å². The predicted molar refractivity (Wildman–Crippen MR) is 95.3 cm³/mol. The highest BCUT2D eigenvalue weighted by Gasteiger charge is 2.01. The number of amides is 1. The third-order valence-electron chi connectivity index (χ3n) is 3.16. The smallest absolute Gasteiger partial charge is 0.259 e. The number of rotatable bonds is 9. The summed E-state index contributed by atoms with van der Waals surface area (Å²) in [6.45, 7) is 2.95. The summed E-state index contributed by atoms with van der Waals surface area (Å²) in [5.41, 5.74) is 4.18. The van der Waals surface area contributed by atoms with Crippen LogP contribution in [0.15, 0.2) is 53.9 Å². The van der Waals surface area contributed by atoms with Crippen molar-refractivity contribution in [3.8, 4) is 5.75 Å². The summed E-state index contributed by atoms with van der Waals surface area (Å²) >= 11 is 0. The summed E-state index contributed by atoms with van der Waals surface area (Å²) in [7, 11) is 0. The standard InChI is InChI=1S/C18H22N4O2/c1-2-3-11-24-17-6-4-5-16(12-17)20-14-18(23)22-21-13-15-7-9-19-10-8-15/h4-10,12-13,20H,2-3,11,14H2,1H3,(H,22,23)/b21-13+. The Balaban J connectivity index is 1.75. The Hall–Kier alpha value is -2.89. The van der Waals surface area contributed by atoms with Crippen LogP contribution in [0.3, 0.4) is 0 Å². The molecule has 0 aliphatic carbocycles. The van der Waals surface area contributed by atoms with Gasteiger partial charge in [-0.15, -0.1) is 0 Å². The van der Waals surface area contributed by atoms with Crippen LogP contribution in [0.25, 0.3) is 0 Å². The van der Waals surface area contributed by atoms with Gasteiger partial charge in [-0.25, -0.2) is 5.43 Å². The van der Waals surface area contributed by atoms with Gasteiger partial charge in [0.1, 0.15) is 5.75 Å². The van der Waals surface area contributed by atoms with Crippen molar-refractivity contribution in [2.45, 2.75) is 19.8 Å². The number of hydrogen-bond acceptors (Lipinski definition) is 5. The van der Waals surface area contributed by atoms with Crippen molar-refractivity contribution in [1.82, 2.24) is 10.4 Å². The van der Waals surface area contributed by atoms with Crippen LogP contribution in [0.1, 0.15) is 25.3 Å². The zero-order valence-corrected chi connectivity index (χ0v) is 13.7. The summed E-state index contributed by atoms with van der Waals surface area (Å²) in [6, 6.07) is 11.2. The number of nitrogens with one attached hydrogen (secondary N) is 2. The number of unbranched alkanes of at least 4 members (excludes halogenated alkanes) is 1.